The lowest BCUT2D eigenvalue weighted by Crippen LogP contribution is -2.50. The van der Waals surface area contributed by atoms with Crippen LogP contribution in [0.3, 0.4) is 0 Å². The van der Waals surface area contributed by atoms with Gasteiger partial charge in [0, 0.05) is 50.8 Å². The molecule has 2 saturated heterocycles. The molecule has 0 amide bonds. The van der Waals surface area contributed by atoms with Crippen LogP contribution in [0.2, 0.25) is 0 Å². The summed E-state index contributed by atoms with van der Waals surface area (Å²) in [5.41, 5.74) is 2.59. The lowest BCUT2D eigenvalue weighted by Gasteiger charge is -2.36. The summed E-state index contributed by atoms with van der Waals surface area (Å²) < 4.78 is 6.20. The Hall–Kier alpha value is -0.860. The van der Waals surface area contributed by atoms with Crippen LogP contribution in [0.25, 0.3) is 0 Å². The van der Waals surface area contributed by atoms with E-state index in [1.807, 2.05) is 0 Å². The molecule has 0 spiro atoms. The summed E-state index contributed by atoms with van der Waals surface area (Å²) in [6.45, 7) is 9.32. The zero-order valence-electron chi connectivity index (χ0n) is 20.0. The van der Waals surface area contributed by atoms with E-state index in [-0.39, 0.29) is 30.1 Å². The maximum atomic E-state index is 6.20. The summed E-state index contributed by atoms with van der Waals surface area (Å²) in [5, 5.41) is 7.22. The molecule has 1 aliphatic carbocycles. The van der Waals surface area contributed by atoms with Crippen molar-refractivity contribution in [1.29, 1.82) is 0 Å². The largest absolute Gasteiger partial charge is 0.373 e. The number of halogens is 1. The standard InChI is InChI=1S/C26H42N4O.HI/c1-3-27-26(29-23-14-16-30(17-15-23)24-8-4-5-9-24)28-19-22-7-6-18-31-25(22)21-12-10-20(2)11-13-21;/h10-13,22-25H,3-9,14-19H2,1-2H3,(H2,27,28,29);1H. The van der Waals surface area contributed by atoms with E-state index >= 15 is 0 Å². The summed E-state index contributed by atoms with van der Waals surface area (Å²) in [6.07, 6.45) is 10.6. The molecule has 0 aromatic heterocycles. The van der Waals surface area contributed by atoms with Crippen molar-refractivity contribution in [2.45, 2.75) is 83.4 Å². The van der Waals surface area contributed by atoms with Crippen molar-refractivity contribution in [3.05, 3.63) is 35.4 Å². The lowest BCUT2D eigenvalue weighted by molar-refractivity contribution is -0.0250. The fourth-order valence-electron chi connectivity index (χ4n) is 5.56. The highest BCUT2D eigenvalue weighted by molar-refractivity contribution is 14.0. The number of ether oxygens (including phenoxy) is 1. The summed E-state index contributed by atoms with van der Waals surface area (Å²) >= 11 is 0. The van der Waals surface area contributed by atoms with Gasteiger partial charge in [-0.25, -0.2) is 0 Å². The Balaban J connectivity index is 0.00000289. The van der Waals surface area contributed by atoms with Crippen LogP contribution in [0.4, 0.5) is 0 Å². The number of guanidine groups is 1. The average Bonchev–Trinajstić information content (AvgIpc) is 3.34. The van der Waals surface area contributed by atoms with Gasteiger partial charge >= 0.3 is 0 Å². The number of rotatable bonds is 6. The van der Waals surface area contributed by atoms with Gasteiger partial charge in [-0.2, -0.15) is 0 Å². The van der Waals surface area contributed by atoms with Gasteiger partial charge in [0.15, 0.2) is 5.96 Å². The third-order valence-electron chi connectivity index (χ3n) is 7.39. The fourth-order valence-corrected chi connectivity index (χ4v) is 5.56. The molecular formula is C26H43IN4O. The molecule has 2 N–H and O–H groups in total. The molecule has 2 unspecified atom stereocenters. The van der Waals surface area contributed by atoms with Crippen LogP contribution in [0.5, 0.6) is 0 Å². The first kappa shape index (κ1) is 25.8. The predicted molar refractivity (Wildman–Crippen MR) is 144 cm³/mol. The smallest absolute Gasteiger partial charge is 0.191 e. The van der Waals surface area contributed by atoms with E-state index in [2.05, 4.69) is 53.6 Å². The SMILES string of the molecule is CCNC(=NCC1CCCOC1c1ccc(C)cc1)NC1CCN(C2CCCC2)CC1.I. The topological polar surface area (TPSA) is 48.9 Å². The molecule has 3 aliphatic rings. The van der Waals surface area contributed by atoms with Crippen molar-refractivity contribution in [2.24, 2.45) is 10.9 Å². The van der Waals surface area contributed by atoms with Gasteiger partial charge in [0.2, 0.25) is 0 Å². The molecule has 1 aromatic rings. The highest BCUT2D eigenvalue weighted by Crippen LogP contribution is 2.34. The quantitative estimate of drug-likeness (QED) is 0.294. The first-order valence-electron chi connectivity index (χ1n) is 12.7. The molecule has 4 rings (SSSR count). The molecule has 3 fully saturated rings. The second kappa shape index (κ2) is 13.1. The van der Waals surface area contributed by atoms with Crippen molar-refractivity contribution in [2.75, 3.05) is 32.8 Å². The minimum absolute atomic E-state index is 0. The number of piperidine rings is 1. The molecule has 0 bridgehead atoms. The lowest BCUT2D eigenvalue weighted by atomic mass is 9.89. The Morgan fingerprint density at radius 3 is 2.44 bits per heavy atom. The van der Waals surface area contributed by atoms with E-state index in [4.69, 9.17) is 9.73 Å². The number of hydrogen-bond donors (Lipinski definition) is 2. The van der Waals surface area contributed by atoms with Crippen LogP contribution in [0, 0.1) is 12.8 Å². The van der Waals surface area contributed by atoms with Gasteiger partial charge in [0.05, 0.1) is 6.10 Å². The summed E-state index contributed by atoms with van der Waals surface area (Å²) in [4.78, 5) is 7.76. The van der Waals surface area contributed by atoms with Crippen LogP contribution in [-0.4, -0.2) is 55.7 Å². The molecule has 6 heteroatoms. The van der Waals surface area contributed by atoms with Crippen LogP contribution in [0.1, 0.15) is 75.5 Å². The first-order valence-corrected chi connectivity index (χ1v) is 12.7. The highest BCUT2D eigenvalue weighted by atomic mass is 127. The molecule has 2 aliphatic heterocycles. The van der Waals surface area contributed by atoms with Crippen LogP contribution in [-0.2, 0) is 4.74 Å². The van der Waals surface area contributed by atoms with Crippen molar-refractivity contribution in [3.63, 3.8) is 0 Å². The second-order valence-electron chi connectivity index (χ2n) is 9.72. The van der Waals surface area contributed by atoms with Crippen LogP contribution < -0.4 is 10.6 Å². The number of nitrogens with zero attached hydrogens (tertiary/aromatic N) is 2. The number of likely N-dealkylation sites (tertiary alicyclic amines) is 1. The predicted octanol–water partition coefficient (Wildman–Crippen LogP) is 5.04. The highest BCUT2D eigenvalue weighted by Gasteiger charge is 2.29. The minimum Gasteiger partial charge on any atom is -0.373 e. The van der Waals surface area contributed by atoms with E-state index in [9.17, 15) is 0 Å². The molecule has 32 heavy (non-hydrogen) atoms. The fraction of sp³-hybridized carbons (Fsp3) is 0.731. The number of nitrogens with one attached hydrogen (secondary N) is 2. The zero-order valence-corrected chi connectivity index (χ0v) is 22.4. The van der Waals surface area contributed by atoms with Gasteiger partial charge in [-0.05, 0) is 57.9 Å². The third kappa shape index (κ3) is 7.07. The Morgan fingerprint density at radius 2 is 1.75 bits per heavy atom. The van der Waals surface area contributed by atoms with Gasteiger partial charge in [0.25, 0.3) is 0 Å². The number of benzene rings is 1. The molecule has 0 radical (unpaired) electrons. The summed E-state index contributed by atoms with van der Waals surface area (Å²) in [7, 11) is 0. The number of aryl methyl sites for hydroxylation is 1. The Bertz CT molecular complexity index is 696. The zero-order chi connectivity index (χ0) is 21.5. The first-order chi connectivity index (χ1) is 15.2. The van der Waals surface area contributed by atoms with Gasteiger partial charge in [-0.1, -0.05) is 42.7 Å². The molecule has 2 atom stereocenters. The molecular weight excluding hydrogens is 511 g/mol. The second-order valence-corrected chi connectivity index (χ2v) is 9.72. The summed E-state index contributed by atoms with van der Waals surface area (Å²) in [6, 6.07) is 10.2. The van der Waals surface area contributed by atoms with Crippen molar-refractivity contribution >= 4 is 29.9 Å². The number of hydrogen-bond acceptors (Lipinski definition) is 3. The van der Waals surface area contributed by atoms with Crippen molar-refractivity contribution in [3.8, 4) is 0 Å². The molecule has 180 valence electrons. The minimum atomic E-state index is 0. The third-order valence-corrected chi connectivity index (χ3v) is 7.39. The van der Waals surface area contributed by atoms with Crippen molar-refractivity contribution < 1.29 is 4.74 Å². The normalized spacial score (nSPS) is 26.0. The Labute approximate surface area is 212 Å². The van der Waals surface area contributed by atoms with E-state index in [1.165, 1.54) is 69.2 Å². The average molecular weight is 555 g/mol. The molecule has 1 aromatic carbocycles. The van der Waals surface area contributed by atoms with Gasteiger partial charge in [-0.15, -0.1) is 24.0 Å². The Kier molecular flexibility index (Phi) is 10.6. The Morgan fingerprint density at radius 1 is 1.03 bits per heavy atom. The summed E-state index contributed by atoms with van der Waals surface area (Å²) in [5.74, 6) is 1.42. The molecule has 5 nitrogen and oxygen atoms in total. The van der Waals surface area contributed by atoms with E-state index in [0.29, 0.717) is 12.0 Å². The van der Waals surface area contributed by atoms with E-state index in [1.54, 1.807) is 0 Å². The molecule has 2 heterocycles. The maximum Gasteiger partial charge on any atom is 0.191 e. The van der Waals surface area contributed by atoms with Gasteiger partial charge in [0.1, 0.15) is 0 Å². The van der Waals surface area contributed by atoms with Gasteiger partial charge in [-0.3, -0.25) is 4.99 Å². The maximum absolute atomic E-state index is 6.20. The number of aliphatic imine (C=N–C) groups is 1. The van der Waals surface area contributed by atoms with E-state index < -0.39 is 0 Å². The monoisotopic (exact) mass is 554 g/mol. The van der Waals surface area contributed by atoms with Crippen molar-refractivity contribution in [1.82, 2.24) is 15.5 Å². The van der Waals surface area contributed by atoms with Gasteiger partial charge < -0.3 is 20.3 Å². The van der Waals surface area contributed by atoms with E-state index in [0.717, 1.165) is 38.1 Å². The van der Waals surface area contributed by atoms with Crippen LogP contribution in [0.15, 0.2) is 29.3 Å². The molecule has 1 saturated carbocycles. The van der Waals surface area contributed by atoms with Crippen LogP contribution >= 0.6 is 24.0 Å².